The van der Waals surface area contributed by atoms with Gasteiger partial charge in [-0.25, -0.2) is 4.98 Å². The Hall–Kier alpha value is -2.74. The molecule has 5 N–H and O–H groups in total. The number of rotatable bonds is 7. The predicted molar refractivity (Wildman–Crippen MR) is 134 cm³/mol. The molecule has 1 aromatic carbocycles. The molecule has 1 unspecified atom stereocenters. The number of nitrogens with one attached hydrogen (secondary N) is 2. The third kappa shape index (κ3) is 5.74. The fourth-order valence-electron chi connectivity index (χ4n) is 3.86. The highest BCUT2D eigenvalue weighted by Gasteiger charge is 2.34. The third-order valence-electron chi connectivity index (χ3n) is 5.74. The van der Waals surface area contributed by atoms with E-state index in [1.807, 2.05) is 4.90 Å². The lowest BCUT2D eigenvalue weighted by atomic mass is 10.0. The van der Waals surface area contributed by atoms with Crippen LogP contribution in [0, 0.1) is 6.92 Å². The molecule has 192 valence electrons. The first-order valence-electron chi connectivity index (χ1n) is 11.0. The number of aliphatic hydroxyl groups is 1. The number of nitrogens with two attached hydrogens (primary N) is 1. The number of anilines is 4. The Kier molecular flexibility index (Phi) is 8.36. The molecule has 0 amide bonds. The monoisotopic (exact) mass is 513 g/mol. The Morgan fingerprint density at radius 3 is 2.63 bits per heavy atom. The van der Waals surface area contributed by atoms with Gasteiger partial charge in [-0.1, -0.05) is 6.07 Å². The van der Waals surface area contributed by atoms with Crippen LogP contribution in [-0.4, -0.2) is 58.7 Å². The van der Waals surface area contributed by atoms with E-state index in [-0.39, 0.29) is 43.9 Å². The third-order valence-corrected chi connectivity index (χ3v) is 5.74. The van der Waals surface area contributed by atoms with E-state index in [1.165, 1.54) is 10.6 Å². The van der Waals surface area contributed by atoms with E-state index in [0.717, 1.165) is 6.07 Å². The summed E-state index contributed by atoms with van der Waals surface area (Å²) in [4.78, 5) is 6.52. The zero-order chi connectivity index (χ0) is 24.5. The molecular weight excluding hydrogens is 483 g/mol. The van der Waals surface area contributed by atoms with Crippen molar-refractivity contribution >= 4 is 42.2 Å². The Labute approximate surface area is 207 Å². The van der Waals surface area contributed by atoms with E-state index in [2.05, 4.69) is 20.7 Å². The number of morpholine rings is 1. The van der Waals surface area contributed by atoms with Crippen LogP contribution >= 0.6 is 13.5 Å². The lowest BCUT2D eigenvalue weighted by Crippen LogP contribution is -2.37. The molecule has 1 saturated heterocycles. The summed E-state index contributed by atoms with van der Waals surface area (Å²) < 4.78 is 48.3. The van der Waals surface area contributed by atoms with Crippen molar-refractivity contribution < 1.29 is 23.0 Å². The van der Waals surface area contributed by atoms with Gasteiger partial charge in [0.15, 0.2) is 17.3 Å². The predicted octanol–water partition coefficient (Wildman–Crippen LogP) is 2.80. The van der Waals surface area contributed by atoms with Crippen LogP contribution < -0.4 is 21.3 Å². The van der Waals surface area contributed by atoms with Gasteiger partial charge in [0.05, 0.1) is 36.8 Å². The minimum atomic E-state index is -4.54. The maximum Gasteiger partial charge on any atom is 0.416 e. The number of aryl methyl sites for hydroxylation is 1. The molecular formula is C22H30F3N7O2S. The second kappa shape index (κ2) is 10.9. The number of imidazole rings is 1. The number of fused-ring (bicyclic) bond motifs is 1. The normalized spacial score (nSPS) is 15.2. The molecule has 3 heterocycles. The lowest BCUT2D eigenvalue weighted by molar-refractivity contribution is -0.138. The summed E-state index contributed by atoms with van der Waals surface area (Å²) in [6.45, 7) is 5.59. The molecule has 1 fully saturated rings. The standard InChI is InChI=1S/C22H28F3N7O2.H2S/c1-13(12-33)27-11-15-16(22(23,24)25)4-3-5-18(15)29-20-14(2)28-21-17(26)10-19(30-32(20)21)31-6-8-34-9-7-31;/h3-5,10,13,27,29,33H,6-9,11-12,26H2,1-2H3;1H2. The van der Waals surface area contributed by atoms with Gasteiger partial charge in [0.1, 0.15) is 0 Å². The van der Waals surface area contributed by atoms with Crippen LogP contribution in [0.3, 0.4) is 0 Å². The quantitative estimate of drug-likeness (QED) is 0.382. The average molecular weight is 514 g/mol. The van der Waals surface area contributed by atoms with Crippen molar-refractivity contribution in [1.29, 1.82) is 0 Å². The Morgan fingerprint density at radius 1 is 1.26 bits per heavy atom. The second-order valence-electron chi connectivity index (χ2n) is 8.26. The number of hydrogen-bond acceptors (Lipinski definition) is 8. The molecule has 0 bridgehead atoms. The number of nitrogen functional groups attached to an aromatic ring is 1. The number of ether oxygens (including phenoxy) is 1. The van der Waals surface area contributed by atoms with E-state index < -0.39 is 11.7 Å². The first-order chi connectivity index (χ1) is 16.2. The molecule has 0 radical (unpaired) electrons. The number of aliphatic hydroxyl groups excluding tert-OH is 1. The van der Waals surface area contributed by atoms with E-state index in [4.69, 9.17) is 10.5 Å². The summed E-state index contributed by atoms with van der Waals surface area (Å²) in [6.07, 6.45) is -4.54. The van der Waals surface area contributed by atoms with Crippen molar-refractivity contribution in [3.05, 3.63) is 41.1 Å². The van der Waals surface area contributed by atoms with Crippen molar-refractivity contribution in [2.24, 2.45) is 0 Å². The molecule has 0 aliphatic carbocycles. The highest BCUT2D eigenvalue weighted by molar-refractivity contribution is 7.59. The van der Waals surface area contributed by atoms with Gasteiger partial charge in [0, 0.05) is 43.0 Å². The summed E-state index contributed by atoms with van der Waals surface area (Å²) >= 11 is 0. The minimum absolute atomic E-state index is 0. The summed E-state index contributed by atoms with van der Waals surface area (Å²) in [7, 11) is 0. The van der Waals surface area contributed by atoms with Crippen molar-refractivity contribution in [2.75, 3.05) is 48.9 Å². The van der Waals surface area contributed by atoms with Gasteiger partial charge < -0.3 is 31.1 Å². The Balaban J connectivity index is 0.00000342. The number of alkyl halides is 3. The van der Waals surface area contributed by atoms with Gasteiger partial charge >= 0.3 is 6.18 Å². The number of halogens is 3. The van der Waals surface area contributed by atoms with Gasteiger partial charge in [0.25, 0.3) is 0 Å². The minimum Gasteiger partial charge on any atom is -0.396 e. The van der Waals surface area contributed by atoms with Crippen molar-refractivity contribution in [3.8, 4) is 0 Å². The molecule has 0 saturated carbocycles. The van der Waals surface area contributed by atoms with E-state index in [9.17, 15) is 18.3 Å². The second-order valence-corrected chi connectivity index (χ2v) is 8.26. The highest BCUT2D eigenvalue weighted by Crippen LogP contribution is 2.37. The fourth-order valence-corrected chi connectivity index (χ4v) is 3.86. The molecule has 2 aromatic heterocycles. The molecule has 1 aliphatic rings. The number of hydrogen-bond donors (Lipinski definition) is 4. The van der Waals surface area contributed by atoms with Crippen LogP contribution in [-0.2, 0) is 17.5 Å². The van der Waals surface area contributed by atoms with Crippen LogP contribution in [0.4, 0.5) is 36.2 Å². The van der Waals surface area contributed by atoms with Crippen LogP contribution in [0.5, 0.6) is 0 Å². The maximum absolute atomic E-state index is 13.8. The highest BCUT2D eigenvalue weighted by atomic mass is 32.1. The Bertz CT molecular complexity index is 1170. The summed E-state index contributed by atoms with van der Waals surface area (Å²) in [6, 6.07) is 5.34. The molecule has 1 aliphatic heterocycles. The SMILES string of the molecule is Cc1nc2c(N)cc(N3CCOCC3)nn2c1Nc1cccc(C(F)(F)F)c1CNC(C)CO.S. The maximum atomic E-state index is 13.8. The fraction of sp³-hybridized carbons (Fsp3) is 0.455. The zero-order valence-corrected chi connectivity index (χ0v) is 20.5. The lowest BCUT2D eigenvalue weighted by Gasteiger charge is -2.28. The Morgan fingerprint density at radius 2 is 1.97 bits per heavy atom. The van der Waals surface area contributed by atoms with Gasteiger partial charge in [-0.05, 0) is 26.0 Å². The van der Waals surface area contributed by atoms with Gasteiger partial charge in [-0.2, -0.15) is 31.2 Å². The summed E-state index contributed by atoms with van der Waals surface area (Å²) in [5, 5.41) is 20.0. The molecule has 3 aromatic rings. The number of nitrogens with zero attached hydrogens (tertiary/aromatic N) is 4. The number of aromatic nitrogens is 3. The first-order valence-corrected chi connectivity index (χ1v) is 11.0. The molecule has 35 heavy (non-hydrogen) atoms. The number of benzene rings is 1. The van der Waals surface area contributed by atoms with Crippen molar-refractivity contribution in [1.82, 2.24) is 19.9 Å². The van der Waals surface area contributed by atoms with Crippen LogP contribution in [0.2, 0.25) is 0 Å². The van der Waals surface area contributed by atoms with E-state index in [0.29, 0.717) is 55.0 Å². The molecule has 13 heteroatoms. The van der Waals surface area contributed by atoms with Crippen molar-refractivity contribution in [2.45, 2.75) is 32.6 Å². The topological polar surface area (TPSA) is 113 Å². The van der Waals surface area contributed by atoms with Gasteiger partial charge in [-0.3, -0.25) is 0 Å². The average Bonchev–Trinajstić information content (AvgIpc) is 3.13. The first kappa shape index (κ1) is 26.9. The molecule has 9 nitrogen and oxygen atoms in total. The largest absolute Gasteiger partial charge is 0.416 e. The molecule has 0 spiro atoms. The van der Waals surface area contributed by atoms with Gasteiger partial charge in [0.2, 0.25) is 0 Å². The van der Waals surface area contributed by atoms with Crippen molar-refractivity contribution in [3.63, 3.8) is 0 Å². The van der Waals surface area contributed by atoms with Gasteiger partial charge in [-0.15, -0.1) is 5.10 Å². The molecule has 4 rings (SSSR count). The summed E-state index contributed by atoms with van der Waals surface area (Å²) in [5.74, 6) is 1.06. The zero-order valence-electron chi connectivity index (χ0n) is 19.5. The molecule has 1 atom stereocenters. The van der Waals surface area contributed by atoms with Crippen LogP contribution in [0.15, 0.2) is 24.3 Å². The van der Waals surface area contributed by atoms with E-state index >= 15 is 0 Å². The van der Waals surface area contributed by atoms with E-state index in [1.54, 1.807) is 26.0 Å². The van der Waals surface area contributed by atoms with Crippen LogP contribution in [0.1, 0.15) is 23.7 Å². The summed E-state index contributed by atoms with van der Waals surface area (Å²) in [5.41, 5.74) is 7.15. The smallest absolute Gasteiger partial charge is 0.396 e. The van der Waals surface area contributed by atoms with Crippen LogP contribution in [0.25, 0.3) is 5.65 Å².